The third-order valence-corrected chi connectivity index (χ3v) is 4.79. The van der Waals surface area contributed by atoms with E-state index < -0.39 is 4.92 Å². The molecule has 26 heavy (non-hydrogen) atoms. The zero-order valence-electron chi connectivity index (χ0n) is 13.4. The minimum atomic E-state index is -0.458. The quantitative estimate of drug-likeness (QED) is 0.408. The van der Waals surface area contributed by atoms with Gasteiger partial charge in [0.15, 0.2) is 0 Å². The number of benzene rings is 1. The Hall–Kier alpha value is -3.39. The van der Waals surface area contributed by atoms with Crippen LogP contribution in [0.25, 0.3) is 22.2 Å². The van der Waals surface area contributed by atoms with E-state index in [0.717, 1.165) is 4.88 Å². The molecule has 0 unspecified atom stereocenters. The van der Waals surface area contributed by atoms with Crippen LogP contribution in [0, 0.1) is 10.1 Å². The van der Waals surface area contributed by atoms with Crippen LogP contribution in [0.15, 0.2) is 64.9 Å². The van der Waals surface area contributed by atoms with Crippen molar-refractivity contribution in [2.75, 3.05) is 0 Å². The van der Waals surface area contributed by atoms with Crippen molar-refractivity contribution in [2.45, 2.75) is 6.54 Å². The maximum atomic E-state index is 12.8. The first-order valence-corrected chi connectivity index (χ1v) is 8.64. The SMILES string of the molecule is O=c1c2cccnc2c(-c2cccc([N+](=O)[O-])c2)nn1Cc1cccs1. The molecule has 0 radical (unpaired) electrons. The van der Waals surface area contributed by atoms with Crippen molar-refractivity contribution in [1.82, 2.24) is 14.8 Å². The van der Waals surface area contributed by atoms with Crippen LogP contribution >= 0.6 is 11.3 Å². The third-order valence-electron chi connectivity index (χ3n) is 3.93. The number of thiophene rings is 1. The number of rotatable bonds is 4. The highest BCUT2D eigenvalue weighted by atomic mass is 32.1. The van der Waals surface area contributed by atoms with Gasteiger partial charge in [-0.05, 0) is 23.6 Å². The minimum absolute atomic E-state index is 0.0376. The molecule has 0 bridgehead atoms. The van der Waals surface area contributed by atoms with Gasteiger partial charge < -0.3 is 0 Å². The molecule has 0 atom stereocenters. The van der Waals surface area contributed by atoms with Crippen LogP contribution in [-0.2, 0) is 6.54 Å². The van der Waals surface area contributed by atoms with E-state index in [1.165, 1.54) is 28.2 Å². The van der Waals surface area contributed by atoms with Gasteiger partial charge in [0.1, 0.15) is 11.2 Å². The molecule has 0 saturated heterocycles. The topological polar surface area (TPSA) is 90.9 Å². The predicted octanol–water partition coefficient (Wildman–Crippen LogP) is 3.48. The number of hydrogen-bond donors (Lipinski definition) is 0. The number of hydrogen-bond acceptors (Lipinski definition) is 6. The number of nitro groups is 1. The fourth-order valence-electron chi connectivity index (χ4n) is 2.74. The summed E-state index contributed by atoms with van der Waals surface area (Å²) in [5.74, 6) is 0. The highest BCUT2D eigenvalue weighted by Gasteiger charge is 2.16. The van der Waals surface area contributed by atoms with Gasteiger partial charge in [-0.15, -0.1) is 11.3 Å². The average molecular weight is 364 g/mol. The van der Waals surface area contributed by atoms with E-state index in [1.54, 1.807) is 30.5 Å². The van der Waals surface area contributed by atoms with Crippen LogP contribution in [-0.4, -0.2) is 19.7 Å². The highest BCUT2D eigenvalue weighted by molar-refractivity contribution is 7.09. The number of nitrogens with zero attached hydrogens (tertiary/aromatic N) is 4. The Bertz CT molecular complexity index is 1170. The van der Waals surface area contributed by atoms with Gasteiger partial charge in [-0.1, -0.05) is 18.2 Å². The number of pyridine rings is 1. The van der Waals surface area contributed by atoms with Crippen molar-refractivity contribution in [1.29, 1.82) is 0 Å². The van der Waals surface area contributed by atoms with Crippen LogP contribution < -0.4 is 5.56 Å². The third kappa shape index (κ3) is 2.86. The van der Waals surface area contributed by atoms with Crippen LogP contribution in [0.4, 0.5) is 5.69 Å². The van der Waals surface area contributed by atoms with Crippen molar-refractivity contribution >= 4 is 27.9 Å². The molecule has 0 N–H and O–H groups in total. The normalized spacial score (nSPS) is 10.9. The molecule has 0 amide bonds. The molecule has 3 aromatic heterocycles. The smallest absolute Gasteiger partial charge is 0.267 e. The summed E-state index contributed by atoms with van der Waals surface area (Å²) in [6, 6.07) is 13.4. The van der Waals surface area contributed by atoms with E-state index in [2.05, 4.69) is 10.1 Å². The number of aromatic nitrogens is 3. The van der Waals surface area contributed by atoms with Crippen LogP contribution in [0.1, 0.15) is 4.88 Å². The summed E-state index contributed by atoms with van der Waals surface area (Å²) in [5, 5.41) is 17.9. The number of fused-ring (bicyclic) bond motifs is 1. The Morgan fingerprint density at radius 1 is 1.15 bits per heavy atom. The van der Waals surface area contributed by atoms with Gasteiger partial charge in [-0.2, -0.15) is 5.10 Å². The summed E-state index contributed by atoms with van der Waals surface area (Å²) in [4.78, 5) is 28.7. The Kier molecular flexibility index (Phi) is 4.02. The zero-order valence-corrected chi connectivity index (χ0v) is 14.2. The lowest BCUT2D eigenvalue weighted by molar-refractivity contribution is -0.384. The fraction of sp³-hybridized carbons (Fsp3) is 0.0556. The second-order valence-electron chi connectivity index (χ2n) is 5.60. The molecule has 0 fully saturated rings. The van der Waals surface area contributed by atoms with E-state index >= 15 is 0 Å². The fourth-order valence-corrected chi connectivity index (χ4v) is 3.42. The van der Waals surface area contributed by atoms with Crippen LogP contribution in [0.5, 0.6) is 0 Å². The van der Waals surface area contributed by atoms with Crippen LogP contribution in [0.3, 0.4) is 0 Å². The summed E-state index contributed by atoms with van der Waals surface area (Å²) >= 11 is 1.54. The molecule has 7 nitrogen and oxygen atoms in total. The van der Waals surface area contributed by atoms with E-state index in [9.17, 15) is 14.9 Å². The molecule has 0 saturated carbocycles. The van der Waals surface area contributed by atoms with Crippen molar-refractivity contribution in [3.05, 3.63) is 85.5 Å². The minimum Gasteiger partial charge on any atom is -0.267 e. The Labute approximate surface area is 151 Å². The summed E-state index contributed by atoms with van der Waals surface area (Å²) in [6.07, 6.45) is 1.58. The molecule has 1 aromatic carbocycles. The molecule has 3 heterocycles. The summed E-state index contributed by atoms with van der Waals surface area (Å²) in [6.45, 7) is 0.337. The van der Waals surface area contributed by atoms with E-state index in [0.29, 0.717) is 28.7 Å². The summed E-state index contributed by atoms with van der Waals surface area (Å²) in [5.41, 5.74) is 1.14. The summed E-state index contributed by atoms with van der Waals surface area (Å²) in [7, 11) is 0. The van der Waals surface area contributed by atoms with Gasteiger partial charge in [-0.25, -0.2) is 4.68 Å². The molecule has 0 aliphatic carbocycles. The first-order valence-electron chi connectivity index (χ1n) is 7.76. The van der Waals surface area contributed by atoms with Gasteiger partial charge in [-0.3, -0.25) is 19.9 Å². The van der Waals surface area contributed by atoms with Crippen molar-refractivity contribution in [3.63, 3.8) is 0 Å². The van der Waals surface area contributed by atoms with E-state index in [-0.39, 0.29) is 11.2 Å². The Balaban J connectivity index is 1.96. The van der Waals surface area contributed by atoms with E-state index in [4.69, 9.17) is 0 Å². The monoisotopic (exact) mass is 364 g/mol. The maximum Gasteiger partial charge on any atom is 0.276 e. The molecule has 0 spiro atoms. The average Bonchev–Trinajstić information content (AvgIpc) is 3.17. The molecule has 128 valence electrons. The second-order valence-corrected chi connectivity index (χ2v) is 6.63. The van der Waals surface area contributed by atoms with Gasteiger partial charge in [0, 0.05) is 28.8 Å². The first-order chi connectivity index (χ1) is 12.6. The molecule has 0 aliphatic heterocycles. The van der Waals surface area contributed by atoms with Crippen molar-refractivity contribution < 1.29 is 4.92 Å². The molecule has 4 aromatic rings. The predicted molar refractivity (Wildman–Crippen MR) is 99.3 cm³/mol. The lowest BCUT2D eigenvalue weighted by Crippen LogP contribution is -2.24. The lowest BCUT2D eigenvalue weighted by atomic mass is 10.1. The van der Waals surface area contributed by atoms with Gasteiger partial charge in [0.2, 0.25) is 0 Å². The van der Waals surface area contributed by atoms with Gasteiger partial charge >= 0.3 is 0 Å². The Morgan fingerprint density at radius 3 is 2.81 bits per heavy atom. The second kappa shape index (κ2) is 6.49. The molecule has 8 heteroatoms. The number of nitro benzene ring substituents is 1. The largest absolute Gasteiger partial charge is 0.276 e. The molecular weight excluding hydrogens is 352 g/mol. The highest BCUT2D eigenvalue weighted by Crippen LogP contribution is 2.26. The van der Waals surface area contributed by atoms with Crippen molar-refractivity contribution in [2.24, 2.45) is 0 Å². The number of non-ortho nitro benzene ring substituents is 1. The standard InChI is InChI=1S/C18H12N4O3S/c23-18-15-7-2-8-19-17(15)16(12-4-1-5-13(10-12)22(24)25)20-21(18)11-14-6-3-9-26-14/h1-10H,11H2. The maximum absolute atomic E-state index is 12.8. The zero-order chi connectivity index (χ0) is 18.1. The van der Waals surface area contributed by atoms with Crippen LogP contribution in [0.2, 0.25) is 0 Å². The summed E-state index contributed by atoms with van der Waals surface area (Å²) < 4.78 is 1.38. The first kappa shape index (κ1) is 16.1. The Morgan fingerprint density at radius 2 is 2.04 bits per heavy atom. The van der Waals surface area contributed by atoms with Gasteiger partial charge in [0.25, 0.3) is 11.2 Å². The van der Waals surface area contributed by atoms with Gasteiger partial charge in [0.05, 0.1) is 16.9 Å². The molecule has 0 aliphatic rings. The lowest BCUT2D eigenvalue weighted by Gasteiger charge is -2.10. The molecular formula is C18H12N4O3S. The molecule has 4 rings (SSSR count). The van der Waals surface area contributed by atoms with E-state index in [1.807, 2.05) is 17.5 Å². The van der Waals surface area contributed by atoms with Crippen molar-refractivity contribution in [3.8, 4) is 11.3 Å².